The fourth-order valence-electron chi connectivity index (χ4n) is 2.45. The van der Waals surface area contributed by atoms with Crippen molar-refractivity contribution in [2.45, 2.75) is 9.79 Å². The minimum absolute atomic E-state index is 0.0325. The van der Waals surface area contributed by atoms with Crippen molar-refractivity contribution in [1.29, 1.82) is 5.26 Å². The maximum absolute atomic E-state index is 13.0. The lowest BCUT2D eigenvalue weighted by molar-refractivity contribution is 0.596. The molecule has 1 N–H and O–H groups in total. The van der Waals surface area contributed by atoms with Crippen molar-refractivity contribution in [3.8, 4) is 17.2 Å². The number of sulfone groups is 1. The first kappa shape index (κ1) is 16.1. The maximum atomic E-state index is 13.0. The first-order valence-corrected chi connectivity index (χ1v) is 8.96. The van der Waals surface area contributed by atoms with Gasteiger partial charge in [-0.25, -0.2) is 8.42 Å². The Morgan fingerprint density at radius 2 is 1.54 bits per heavy atom. The topological polar surface area (TPSA) is 73.7 Å². The molecule has 3 aromatic rings. The van der Waals surface area contributed by atoms with Crippen molar-refractivity contribution in [1.82, 2.24) is 4.98 Å². The Labute approximate surface area is 145 Å². The molecule has 0 bridgehead atoms. The van der Waals surface area contributed by atoms with E-state index < -0.39 is 9.84 Å². The molecule has 0 atom stereocenters. The van der Waals surface area contributed by atoms with Crippen LogP contribution in [0, 0.1) is 16.0 Å². The second-order valence-corrected chi connectivity index (χ2v) is 7.35. The molecule has 0 spiro atoms. The summed E-state index contributed by atoms with van der Waals surface area (Å²) in [5.74, 6) is 0. The van der Waals surface area contributed by atoms with Crippen LogP contribution in [0.4, 0.5) is 0 Å². The Morgan fingerprint density at radius 1 is 0.958 bits per heavy atom. The third-order valence-electron chi connectivity index (χ3n) is 3.58. The molecule has 2 aromatic carbocycles. The Morgan fingerprint density at radius 3 is 2.12 bits per heavy atom. The number of benzene rings is 2. The number of hydrogen-bond donors (Lipinski definition) is 1. The van der Waals surface area contributed by atoms with E-state index in [0.717, 1.165) is 0 Å². The lowest BCUT2D eigenvalue weighted by Gasteiger charge is -2.12. The van der Waals surface area contributed by atoms with Crippen molar-refractivity contribution >= 4 is 22.1 Å². The van der Waals surface area contributed by atoms with Gasteiger partial charge in [-0.05, 0) is 17.7 Å². The summed E-state index contributed by atoms with van der Waals surface area (Å²) in [6.45, 7) is 0. The van der Waals surface area contributed by atoms with E-state index in [1.165, 1.54) is 18.3 Å². The van der Waals surface area contributed by atoms with Crippen molar-refractivity contribution in [3.05, 3.63) is 77.1 Å². The van der Waals surface area contributed by atoms with E-state index in [-0.39, 0.29) is 20.0 Å². The standard InChI is InChI=1S/C18H12N2O2S2/c19-11-15-17(13-7-3-1-4-8-13)16(12-20-18(15)23)24(21,22)14-9-5-2-6-10-14/h1-10,12H,(H,20,23). The number of rotatable bonds is 3. The van der Waals surface area contributed by atoms with Gasteiger partial charge in [0.1, 0.15) is 10.7 Å². The van der Waals surface area contributed by atoms with Crippen LogP contribution in [-0.2, 0) is 9.84 Å². The van der Waals surface area contributed by atoms with Gasteiger partial charge in [-0.2, -0.15) is 5.26 Å². The molecule has 4 nitrogen and oxygen atoms in total. The molecule has 6 heteroatoms. The molecule has 24 heavy (non-hydrogen) atoms. The van der Waals surface area contributed by atoms with E-state index >= 15 is 0 Å². The molecule has 0 aliphatic heterocycles. The summed E-state index contributed by atoms with van der Waals surface area (Å²) in [5.41, 5.74) is 1.10. The van der Waals surface area contributed by atoms with Crippen LogP contribution >= 0.6 is 12.2 Å². The van der Waals surface area contributed by atoms with Gasteiger partial charge >= 0.3 is 0 Å². The van der Waals surface area contributed by atoms with Crippen LogP contribution in [0.2, 0.25) is 0 Å². The highest BCUT2D eigenvalue weighted by atomic mass is 32.2. The lowest BCUT2D eigenvalue weighted by atomic mass is 10.0. The van der Waals surface area contributed by atoms with Gasteiger partial charge in [0.2, 0.25) is 9.84 Å². The number of pyridine rings is 1. The van der Waals surface area contributed by atoms with Gasteiger partial charge in [0.05, 0.1) is 15.4 Å². The van der Waals surface area contributed by atoms with Crippen LogP contribution in [-0.4, -0.2) is 13.4 Å². The van der Waals surface area contributed by atoms with Crippen molar-refractivity contribution in [2.24, 2.45) is 0 Å². The minimum Gasteiger partial charge on any atom is -0.350 e. The first-order chi connectivity index (χ1) is 11.6. The zero-order valence-corrected chi connectivity index (χ0v) is 14.1. The van der Waals surface area contributed by atoms with E-state index in [1.54, 1.807) is 42.5 Å². The van der Waals surface area contributed by atoms with E-state index in [9.17, 15) is 13.7 Å². The third kappa shape index (κ3) is 2.75. The molecular weight excluding hydrogens is 340 g/mol. The van der Waals surface area contributed by atoms with E-state index in [2.05, 4.69) is 4.98 Å². The average Bonchev–Trinajstić information content (AvgIpc) is 2.62. The summed E-state index contributed by atoms with van der Waals surface area (Å²) in [7, 11) is -3.80. The summed E-state index contributed by atoms with van der Waals surface area (Å²) in [4.78, 5) is 2.91. The number of aromatic amines is 1. The fourth-order valence-corrected chi connectivity index (χ4v) is 4.13. The Bertz CT molecular complexity index is 1080. The van der Waals surface area contributed by atoms with Gasteiger partial charge < -0.3 is 4.98 Å². The molecule has 0 saturated carbocycles. The lowest BCUT2D eigenvalue weighted by Crippen LogP contribution is -2.06. The maximum Gasteiger partial charge on any atom is 0.208 e. The van der Waals surface area contributed by atoms with Gasteiger partial charge in [0, 0.05) is 11.8 Å². The number of hydrogen-bond acceptors (Lipinski definition) is 4. The first-order valence-electron chi connectivity index (χ1n) is 7.07. The van der Waals surface area contributed by atoms with Crippen molar-refractivity contribution in [3.63, 3.8) is 0 Å². The van der Waals surface area contributed by atoms with Gasteiger partial charge in [-0.15, -0.1) is 0 Å². The Kier molecular flexibility index (Phi) is 4.30. The number of nitrogens with one attached hydrogen (secondary N) is 1. The predicted molar refractivity (Wildman–Crippen MR) is 93.7 cm³/mol. The minimum atomic E-state index is -3.80. The molecule has 0 fully saturated rings. The normalized spacial score (nSPS) is 11.0. The highest BCUT2D eigenvalue weighted by Gasteiger charge is 2.25. The molecule has 0 saturated heterocycles. The average molecular weight is 352 g/mol. The van der Waals surface area contributed by atoms with Gasteiger partial charge in [0.25, 0.3) is 0 Å². The van der Waals surface area contributed by atoms with Crippen LogP contribution in [0.25, 0.3) is 11.1 Å². The molecule has 0 aliphatic rings. The van der Waals surface area contributed by atoms with Crippen molar-refractivity contribution < 1.29 is 8.42 Å². The van der Waals surface area contributed by atoms with Crippen molar-refractivity contribution in [2.75, 3.05) is 0 Å². The van der Waals surface area contributed by atoms with Crippen LogP contribution < -0.4 is 0 Å². The van der Waals surface area contributed by atoms with Crippen LogP contribution in [0.3, 0.4) is 0 Å². The highest BCUT2D eigenvalue weighted by molar-refractivity contribution is 7.91. The summed E-state index contributed by atoms with van der Waals surface area (Å²) in [5, 5.41) is 9.49. The molecule has 0 aliphatic carbocycles. The molecule has 0 unspecified atom stereocenters. The second-order valence-electron chi connectivity index (χ2n) is 5.03. The largest absolute Gasteiger partial charge is 0.350 e. The van der Waals surface area contributed by atoms with Crippen LogP contribution in [0.15, 0.2) is 76.7 Å². The smallest absolute Gasteiger partial charge is 0.208 e. The predicted octanol–water partition coefficient (Wildman–Crippen LogP) is 4.12. The molecular formula is C18H12N2O2S2. The SMILES string of the molecule is N#Cc1c(-c2ccccc2)c(S(=O)(=O)c2ccccc2)c[nH]c1=S. The number of aromatic nitrogens is 1. The monoisotopic (exact) mass is 352 g/mol. The summed E-state index contributed by atoms with van der Waals surface area (Å²) in [6, 6.07) is 19.1. The summed E-state index contributed by atoms with van der Waals surface area (Å²) < 4.78 is 26.3. The van der Waals surface area contributed by atoms with E-state index in [1.807, 2.05) is 12.1 Å². The fraction of sp³-hybridized carbons (Fsp3) is 0. The zero-order chi connectivity index (χ0) is 17.2. The number of H-pyrrole nitrogens is 1. The number of nitrogens with zero attached hydrogens (tertiary/aromatic N) is 1. The third-order valence-corrected chi connectivity index (χ3v) is 5.69. The highest BCUT2D eigenvalue weighted by Crippen LogP contribution is 2.33. The van der Waals surface area contributed by atoms with E-state index in [0.29, 0.717) is 11.1 Å². The summed E-state index contributed by atoms with van der Waals surface area (Å²) in [6.07, 6.45) is 1.36. The van der Waals surface area contributed by atoms with Crippen LogP contribution in [0.1, 0.15) is 5.56 Å². The number of nitriles is 1. The quantitative estimate of drug-likeness (QED) is 0.720. The molecule has 1 aromatic heterocycles. The molecule has 3 rings (SSSR count). The Balaban J connectivity index is 2.39. The van der Waals surface area contributed by atoms with Gasteiger partial charge in [0.15, 0.2) is 0 Å². The molecule has 0 amide bonds. The van der Waals surface area contributed by atoms with Crippen LogP contribution in [0.5, 0.6) is 0 Å². The van der Waals surface area contributed by atoms with Gasteiger partial charge in [-0.3, -0.25) is 0 Å². The molecule has 1 heterocycles. The molecule has 0 radical (unpaired) electrons. The summed E-state index contributed by atoms with van der Waals surface area (Å²) >= 11 is 5.16. The zero-order valence-electron chi connectivity index (χ0n) is 12.4. The second kappa shape index (κ2) is 6.40. The van der Waals surface area contributed by atoms with E-state index in [4.69, 9.17) is 12.2 Å². The Hall–Kier alpha value is -2.75. The van der Waals surface area contributed by atoms with Gasteiger partial charge in [-0.1, -0.05) is 60.7 Å². The molecule has 118 valence electrons.